The zero-order chi connectivity index (χ0) is 24.5. The third-order valence-electron chi connectivity index (χ3n) is 5.71. The number of nitrogens with zero attached hydrogens (tertiary/aromatic N) is 2. The fourth-order valence-electron chi connectivity index (χ4n) is 3.83. The normalized spacial score (nSPS) is 13.9. The zero-order valence-electron chi connectivity index (χ0n) is 19.7. The lowest BCUT2D eigenvalue weighted by atomic mass is 10.1. The van der Waals surface area contributed by atoms with E-state index < -0.39 is 5.97 Å². The van der Waals surface area contributed by atoms with Crippen molar-refractivity contribution in [1.29, 1.82) is 0 Å². The molecule has 1 aliphatic heterocycles. The van der Waals surface area contributed by atoms with Gasteiger partial charge in [0.25, 0.3) is 0 Å². The number of carbonyl (C=O) groups excluding carboxylic acids is 2. The molecule has 1 fully saturated rings. The van der Waals surface area contributed by atoms with Gasteiger partial charge in [0.2, 0.25) is 11.8 Å². The number of piperazine rings is 1. The van der Waals surface area contributed by atoms with Crippen LogP contribution in [0.4, 0.5) is 11.4 Å². The third kappa shape index (κ3) is 6.95. The summed E-state index contributed by atoms with van der Waals surface area (Å²) in [7, 11) is 1.58. The van der Waals surface area contributed by atoms with Gasteiger partial charge in [-0.1, -0.05) is 19.1 Å². The minimum Gasteiger partial charge on any atom is -0.497 e. The van der Waals surface area contributed by atoms with Gasteiger partial charge in [-0.3, -0.25) is 14.5 Å². The summed E-state index contributed by atoms with van der Waals surface area (Å²) in [5.74, 6) is -0.671. The number of benzene rings is 2. The van der Waals surface area contributed by atoms with Crippen LogP contribution in [0, 0.1) is 0 Å². The van der Waals surface area contributed by atoms with Gasteiger partial charge >= 0.3 is 5.97 Å². The Kier molecular flexibility index (Phi) is 8.86. The molecule has 2 aromatic carbocycles. The van der Waals surface area contributed by atoms with E-state index in [-0.39, 0.29) is 29.5 Å². The first-order valence-corrected chi connectivity index (χ1v) is 11.4. The summed E-state index contributed by atoms with van der Waals surface area (Å²) in [5.41, 5.74) is 1.89. The first-order valence-electron chi connectivity index (χ1n) is 11.4. The van der Waals surface area contributed by atoms with Crippen molar-refractivity contribution in [2.45, 2.75) is 19.8 Å². The number of nitrogens with one attached hydrogen (secondary N) is 2. The average molecular weight is 469 g/mol. The minimum atomic E-state index is -1.10. The van der Waals surface area contributed by atoms with Gasteiger partial charge in [0.1, 0.15) is 5.75 Å². The van der Waals surface area contributed by atoms with E-state index in [0.717, 1.165) is 17.7 Å². The Bertz CT molecular complexity index is 1000. The second-order valence-electron chi connectivity index (χ2n) is 8.22. The number of anilines is 2. The summed E-state index contributed by atoms with van der Waals surface area (Å²) in [6.45, 7) is 5.85. The van der Waals surface area contributed by atoms with E-state index in [0.29, 0.717) is 45.0 Å². The van der Waals surface area contributed by atoms with E-state index in [1.807, 2.05) is 13.0 Å². The molecule has 34 heavy (non-hydrogen) atoms. The maximum absolute atomic E-state index is 12.5. The van der Waals surface area contributed by atoms with Gasteiger partial charge in [0.15, 0.2) is 0 Å². The second-order valence-corrected chi connectivity index (χ2v) is 8.22. The zero-order valence-corrected chi connectivity index (χ0v) is 19.7. The van der Waals surface area contributed by atoms with Gasteiger partial charge in [0, 0.05) is 38.4 Å². The predicted molar refractivity (Wildman–Crippen MR) is 131 cm³/mol. The topological polar surface area (TPSA) is 111 Å². The van der Waals surface area contributed by atoms with Crippen molar-refractivity contribution in [2.24, 2.45) is 0 Å². The van der Waals surface area contributed by atoms with Crippen LogP contribution >= 0.6 is 0 Å². The van der Waals surface area contributed by atoms with Crippen LogP contribution in [0.1, 0.15) is 29.3 Å². The highest BCUT2D eigenvalue weighted by Gasteiger charge is 2.21. The molecule has 0 aliphatic carbocycles. The second kappa shape index (κ2) is 12.0. The van der Waals surface area contributed by atoms with Crippen LogP contribution in [0.5, 0.6) is 5.75 Å². The highest BCUT2D eigenvalue weighted by atomic mass is 16.5. The highest BCUT2D eigenvalue weighted by Crippen LogP contribution is 2.25. The smallest absolute Gasteiger partial charge is 0.337 e. The molecule has 3 N–H and O–H groups in total. The summed E-state index contributed by atoms with van der Waals surface area (Å²) in [6.07, 6.45) is 1.03. The Balaban J connectivity index is 1.60. The maximum atomic E-state index is 12.5. The quantitative estimate of drug-likeness (QED) is 0.490. The average Bonchev–Trinajstić information content (AvgIpc) is 2.84. The van der Waals surface area contributed by atoms with E-state index in [2.05, 4.69) is 20.4 Å². The van der Waals surface area contributed by atoms with Crippen LogP contribution < -0.4 is 20.3 Å². The summed E-state index contributed by atoms with van der Waals surface area (Å²) in [6, 6.07) is 12.2. The van der Waals surface area contributed by atoms with Crippen LogP contribution in [0.3, 0.4) is 0 Å². The monoisotopic (exact) mass is 468 g/mol. The van der Waals surface area contributed by atoms with Crippen LogP contribution in [0.25, 0.3) is 0 Å². The molecule has 2 amide bonds. The molecule has 9 heteroatoms. The van der Waals surface area contributed by atoms with Crippen LogP contribution in [-0.2, 0) is 16.0 Å². The molecule has 0 spiro atoms. The molecule has 1 saturated heterocycles. The number of ether oxygens (including phenoxy) is 1. The molecule has 3 rings (SSSR count). The molecule has 1 aliphatic rings. The Morgan fingerprint density at radius 2 is 1.71 bits per heavy atom. The third-order valence-corrected chi connectivity index (χ3v) is 5.71. The number of carboxylic acid groups (broad SMARTS) is 1. The number of hydrogen-bond acceptors (Lipinski definition) is 6. The van der Waals surface area contributed by atoms with Crippen LogP contribution in [-0.4, -0.2) is 74.2 Å². The Labute approximate surface area is 199 Å². The first-order chi connectivity index (χ1) is 16.4. The van der Waals surface area contributed by atoms with Gasteiger partial charge in [-0.25, -0.2) is 4.79 Å². The SMILES string of the molecule is CCCNC(=O)CN1CCN(c2ccc(NC(=O)Cc3ccc(OC)cc3)c(C(=O)O)c2)CC1. The molecule has 2 aromatic rings. The van der Waals surface area contributed by atoms with E-state index in [4.69, 9.17) is 4.74 Å². The number of aromatic carboxylic acids is 1. The number of hydrogen-bond donors (Lipinski definition) is 3. The number of rotatable bonds is 10. The molecule has 0 saturated carbocycles. The summed E-state index contributed by atoms with van der Waals surface area (Å²) >= 11 is 0. The number of methoxy groups -OCH3 is 1. The van der Waals surface area contributed by atoms with Gasteiger partial charge in [-0.2, -0.15) is 0 Å². The van der Waals surface area contributed by atoms with E-state index >= 15 is 0 Å². The van der Waals surface area contributed by atoms with E-state index in [1.54, 1.807) is 43.5 Å². The molecule has 9 nitrogen and oxygen atoms in total. The lowest BCUT2D eigenvalue weighted by Crippen LogP contribution is -2.49. The number of carboxylic acids is 1. The lowest BCUT2D eigenvalue weighted by molar-refractivity contribution is -0.122. The Morgan fingerprint density at radius 3 is 2.32 bits per heavy atom. The maximum Gasteiger partial charge on any atom is 0.337 e. The molecule has 0 radical (unpaired) electrons. The molecule has 182 valence electrons. The van der Waals surface area contributed by atoms with E-state index in [1.165, 1.54) is 0 Å². The molecule has 0 aromatic heterocycles. The minimum absolute atomic E-state index is 0.0261. The van der Waals surface area contributed by atoms with Crippen molar-refractivity contribution < 1.29 is 24.2 Å². The van der Waals surface area contributed by atoms with Crippen molar-refractivity contribution in [2.75, 3.05) is 56.6 Å². The summed E-state index contributed by atoms with van der Waals surface area (Å²) < 4.78 is 5.12. The van der Waals surface area contributed by atoms with Crippen LogP contribution in [0.2, 0.25) is 0 Å². The highest BCUT2D eigenvalue weighted by molar-refractivity contribution is 6.01. The Morgan fingerprint density at radius 1 is 1.00 bits per heavy atom. The van der Waals surface area contributed by atoms with E-state index in [9.17, 15) is 19.5 Å². The van der Waals surface area contributed by atoms with Crippen LogP contribution in [0.15, 0.2) is 42.5 Å². The van der Waals surface area contributed by atoms with Gasteiger partial charge in [-0.05, 0) is 42.3 Å². The molecule has 0 atom stereocenters. The molecule has 0 unspecified atom stereocenters. The largest absolute Gasteiger partial charge is 0.497 e. The summed E-state index contributed by atoms with van der Waals surface area (Å²) in [5, 5.41) is 15.3. The number of carbonyl (C=O) groups is 3. The fourth-order valence-corrected chi connectivity index (χ4v) is 3.83. The predicted octanol–water partition coefficient (Wildman–Crippen LogP) is 2.22. The van der Waals surface area contributed by atoms with Gasteiger partial charge in [0.05, 0.1) is 31.3 Å². The summed E-state index contributed by atoms with van der Waals surface area (Å²) in [4.78, 5) is 40.5. The number of amides is 2. The molecule has 0 bridgehead atoms. The lowest BCUT2D eigenvalue weighted by Gasteiger charge is -2.36. The molecule has 1 heterocycles. The van der Waals surface area contributed by atoms with Crippen molar-refractivity contribution in [3.63, 3.8) is 0 Å². The van der Waals surface area contributed by atoms with Crippen molar-refractivity contribution >= 4 is 29.2 Å². The van der Waals surface area contributed by atoms with Gasteiger partial charge in [-0.15, -0.1) is 0 Å². The Hall–Kier alpha value is -3.59. The molecular formula is C25H32N4O5. The molecular weight excluding hydrogens is 436 g/mol. The first kappa shape index (κ1) is 25.0. The van der Waals surface area contributed by atoms with Crippen molar-refractivity contribution in [3.8, 4) is 5.75 Å². The van der Waals surface area contributed by atoms with Crippen molar-refractivity contribution in [3.05, 3.63) is 53.6 Å². The fraction of sp³-hybridized carbons (Fsp3) is 0.400. The van der Waals surface area contributed by atoms with Gasteiger partial charge < -0.3 is 25.4 Å². The standard InChI is InChI=1S/C25H32N4O5/c1-3-10-26-24(31)17-28-11-13-29(14-12-28)19-6-9-22(21(16-19)25(32)33)27-23(30)15-18-4-7-20(34-2)8-5-18/h4-9,16H,3,10-15,17H2,1-2H3,(H,26,31)(H,27,30)(H,32,33). The van der Waals surface area contributed by atoms with Crippen molar-refractivity contribution in [1.82, 2.24) is 10.2 Å².